The van der Waals surface area contributed by atoms with Crippen molar-refractivity contribution < 1.29 is 9.59 Å². The second-order valence-corrected chi connectivity index (χ2v) is 8.13. The van der Waals surface area contributed by atoms with Crippen molar-refractivity contribution in [2.45, 2.75) is 44.4 Å². The molecule has 2 aromatic rings. The fraction of sp³-hybridized carbons (Fsp3) is 0.550. The number of fused-ring (bicyclic) bond motifs is 1. The van der Waals surface area contributed by atoms with E-state index < -0.39 is 0 Å². The number of likely N-dealkylation sites (tertiary alicyclic amines) is 1. The first-order chi connectivity index (χ1) is 14.1. The van der Waals surface area contributed by atoms with Crippen molar-refractivity contribution in [3.63, 3.8) is 0 Å². The number of Topliss-reactive ketones (excluding diaryl/α,β-unsaturated/α-hetero) is 1. The molecule has 2 saturated heterocycles. The molecule has 0 radical (unpaired) electrons. The third kappa shape index (κ3) is 3.24. The van der Waals surface area contributed by atoms with Crippen LogP contribution in [0.3, 0.4) is 0 Å². The normalized spacial score (nSPS) is 21.7. The SMILES string of the molecule is O=C1CCCc2[nH]nc(C(=O)N3CCC(c4cc(=O)[nH]c(N5CCCC5)n4)C3)c21. The summed E-state index contributed by atoms with van der Waals surface area (Å²) < 4.78 is 0. The van der Waals surface area contributed by atoms with Crippen LogP contribution in [-0.4, -0.2) is 62.9 Å². The van der Waals surface area contributed by atoms with E-state index in [1.54, 1.807) is 4.90 Å². The highest BCUT2D eigenvalue weighted by Crippen LogP contribution is 2.29. The van der Waals surface area contributed by atoms with Crippen LogP contribution in [-0.2, 0) is 6.42 Å². The summed E-state index contributed by atoms with van der Waals surface area (Å²) in [5.74, 6) is 0.408. The zero-order chi connectivity index (χ0) is 20.0. The molecule has 2 fully saturated rings. The van der Waals surface area contributed by atoms with Crippen molar-refractivity contribution in [3.8, 4) is 0 Å². The van der Waals surface area contributed by atoms with Crippen LogP contribution >= 0.6 is 0 Å². The van der Waals surface area contributed by atoms with Crippen LogP contribution in [0.1, 0.15) is 70.3 Å². The van der Waals surface area contributed by atoms with Gasteiger partial charge in [0.1, 0.15) is 0 Å². The van der Waals surface area contributed by atoms with Gasteiger partial charge in [-0.3, -0.25) is 24.5 Å². The van der Waals surface area contributed by atoms with Gasteiger partial charge in [0, 0.05) is 50.3 Å². The van der Waals surface area contributed by atoms with Gasteiger partial charge in [-0.2, -0.15) is 5.10 Å². The number of hydrogen-bond donors (Lipinski definition) is 2. The number of amides is 1. The summed E-state index contributed by atoms with van der Waals surface area (Å²) in [4.78, 5) is 48.9. The minimum atomic E-state index is -0.218. The van der Waals surface area contributed by atoms with Gasteiger partial charge in [0.25, 0.3) is 11.5 Å². The Morgan fingerprint density at radius 3 is 2.76 bits per heavy atom. The van der Waals surface area contributed by atoms with Gasteiger partial charge in [0.2, 0.25) is 5.95 Å². The molecule has 5 rings (SSSR count). The van der Waals surface area contributed by atoms with Crippen molar-refractivity contribution in [2.75, 3.05) is 31.1 Å². The number of rotatable bonds is 3. The lowest BCUT2D eigenvalue weighted by molar-refractivity contribution is 0.0778. The molecular weight excluding hydrogens is 372 g/mol. The first-order valence-electron chi connectivity index (χ1n) is 10.4. The number of aryl methyl sites for hydroxylation is 1. The third-order valence-electron chi connectivity index (χ3n) is 6.20. The van der Waals surface area contributed by atoms with Crippen molar-refractivity contribution >= 4 is 17.6 Å². The maximum atomic E-state index is 13.0. The molecule has 9 nitrogen and oxygen atoms in total. The predicted octanol–water partition coefficient (Wildman–Crippen LogP) is 1.24. The quantitative estimate of drug-likeness (QED) is 0.807. The van der Waals surface area contributed by atoms with E-state index in [9.17, 15) is 14.4 Å². The standard InChI is InChI=1S/C20H24N6O3/c27-15-5-3-4-13-17(15)18(24-23-13)19(29)26-9-6-12(11-26)14-10-16(28)22-20(21-14)25-7-1-2-8-25/h10,12H,1-9,11H2,(H,23,24)(H,21,22,28). The molecule has 1 unspecified atom stereocenters. The number of nitrogens with zero attached hydrogens (tertiary/aromatic N) is 4. The topological polar surface area (TPSA) is 115 Å². The van der Waals surface area contributed by atoms with Crippen molar-refractivity contribution in [1.29, 1.82) is 0 Å². The van der Waals surface area contributed by atoms with E-state index in [4.69, 9.17) is 4.98 Å². The number of nitrogens with one attached hydrogen (secondary N) is 2. The molecule has 0 saturated carbocycles. The Kier molecular flexibility index (Phi) is 4.44. The Morgan fingerprint density at radius 1 is 1.10 bits per heavy atom. The average Bonchev–Trinajstić information content (AvgIpc) is 3.47. The van der Waals surface area contributed by atoms with Gasteiger partial charge in [-0.1, -0.05) is 0 Å². The lowest BCUT2D eigenvalue weighted by Crippen LogP contribution is -2.31. The van der Waals surface area contributed by atoms with Crippen LogP contribution in [0.2, 0.25) is 0 Å². The summed E-state index contributed by atoms with van der Waals surface area (Å²) in [6.45, 7) is 2.84. The molecule has 2 aromatic heterocycles. The number of ketones is 1. The lowest BCUT2D eigenvalue weighted by Gasteiger charge is -2.19. The van der Waals surface area contributed by atoms with Crippen LogP contribution in [0, 0.1) is 0 Å². The molecule has 2 N–H and O–H groups in total. The number of aromatic amines is 2. The molecule has 29 heavy (non-hydrogen) atoms. The maximum Gasteiger partial charge on any atom is 0.275 e. The molecule has 0 bridgehead atoms. The maximum absolute atomic E-state index is 13.0. The summed E-state index contributed by atoms with van der Waals surface area (Å²) in [6, 6.07) is 1.54. The van der Waals surface area contributed by atoms with Gasteiger partial charge in [-0.15, -0.1) is 0 Å². The number of anilines is 1. The van der Waals surface area contributed by atoms with Crippen LogP contribution < -0.4 is 10.5 Å². The Labute approximate surface area is 167 Å². The number of carbonyl (C=O) groups excluding carboxylic acids is 2. The largest absolute Gasteiger partial charge is 0.342 e. The molecular formula is C20H24N6O3. The number of aromatic nitrogens is 4. The van der Waals surface area contributed by atoms with E-state index in [0.717, 1.165) is 56.6 Å². The van der Waals surface area contributed by atoms with Gasteiger partial charge >= 0.3 is 0 Å². The summed E-state index contributed by atoms with van der Waals surface area (Å²) in [7, 11) is 0. The van der Waals surface area contributed by atoms with Crippen molar-refractivity contribution in [1.82, 2.24) is 25.1 Å². The van der Waals surface area contributed by atoms with E-state index in [0.29, 0.717) is 31.0 Å². The second-order valence-electron chi connectivity index (χ2n) is 8.13. The van der Waals surface area contributed by atoms with Crippen molar-refractivity contribution in [2.24, 2.45) is 0 Å². The van der Waals surface area contributed by atoms with Gasteiger partial charge in [-0.05, 0) is 32.1 Å². The Bertz CT molecular complexity index is 1020. The van der Waals surface area contributed by atoms with E-state index in [1.165, 1.54) is 6.07 Å². The first kappa shape index (κ1) is 18.1. The summed E-state index contributed by atoms with van der Waals surface area (Å²) in [5, 5.41) is 7.03. The van der Waals surface area contributed by atoms with E-state index in [1.807, 2.05) is 0 Å². The molecule has 152 valence electrons. The van der Waals surface area contributed by atoms with E-state index >= 15 is 0 Å². The average molecular weight is 396 g/mol. The molecule has 0 spiro atoms. The summed E-state index contributed by atoms with van der Waals surface area (Å²) in [6.07, 6.45) is 4.95. The fourth-order valence-corrected chi connectivity index (χ4v) is 4.65. The highest BCUT2D eigenvalue weighted by Gasteiger charge is 2.34. The monoisotopic (exact) mass is 396 g/mol. The fourth-order valence-electron chi connectivity index (χ4n) is 4.65. The first-order valence-corrected chi connectivity index (χ1v) is 10.4. The highest BCUT2D eigenvalue weighted by atomic mass is 16.2. The number of carbonyl (C=O) groups is 2. The molecule has 9 heteroatoms. The van der Waals surface area contributed by atoms with E-state index in [-0.39, 0.29) is 28.9 Å². The number of hydrogen-bond acceptors (Lipinski definition) is 6. The van der Waals surface area contributed by atoms with Gasteiger partial charge < -0.3 is 9.80 Å². The Balaban J connectivity index is 1.36. The minimum Gasteiger partial charge on any atom is -0.342 e. The van der Waals surface area contributed by atoms with Crippen LogP contribution in [0.25, 0.3) is 0 Å². The zero-order valence-corrected chi connectivity index (χ0v) is 16.2. The second kappa shape index (κ2) is 7.13. The van der Waals surface area contributed by atoms with Crippen LogP contribution in [0.4, 0.5) is 5.95 Å². The molecule has 1 atom stereocenters. The third-order valence-corrected chi connectivity index (χ3v) is 6.20. The Hall–Kier alpha value is -2.97. The zero-order valence-electron chi connectivity index (χ0n) is 16.2. The lowest BCUT2D eigenvalue weighted by atomic mass is 9.94. The van der Waals surface area contributed by atoms with Crippen molar-refractivity contribution in [3.05, 3.63) is 39.1 Å². The Morgan fingerprint density at radius 2 is 1.93 bits per heavy atom. The van der Waals surface area contributed by atoms with Gasteiger partial charge in [0.15, 0.2) is 11.5 Å². The van der Waals surface area contributed by atoms with Gasteiger partial charge in [0.05, 0.1) is 11.3 Å². The summed E-state index contributed by atoms with van der Waals surface area (Å²) >= 11 is 0. The smallest absolute Gasteiger partial charge is 0.275 e. The molecule has 2 aliphatic heterocycles. The summed E-state index contributed by atoms with van der Waals surface area (Å²) in [5.41, 5.74) is 2.05. The number of H-pyrrole nitrogens is 2. The minimum absolute atomic E-state index is 0.00747. The predicted molar refractivity (Wildman–Crippen MR) is 105 cm³/mol. The van der Waals surface area contributed by atoms with Gasteiger partial charge in [-0.25, -0.2) is 4.98 Å². The van der Waals surface area contributed by atoms with E-state index in [2.05, 4.69) is 20.1 Å². The highest BCUT2D eigenvalue weighted by molar-refractivity contribution is 6.08. The molecule has 4 heterocycles. The molecule has 0 aromatic carbocycles. The van der Waals surface area contributed by atoms with Crippen LogP contribution in [0.15, 0.2) is 10.9 Å². The molecule has 1 amide bonds. The van der Waals surface area contributed by atoms with Crippen LogP contribution in [0.5, 0.6) is 0 Å². The molecule has 1 aliphatic carbocycles. The molecule has 3 aliphatic rings.